The minimum absolute atomic E-state index is 0.0154. The number of hydroxylamine groups is 1. The molecule has 3 N–H and O–H groups in total. The highest BCUT2D eigenvalue weighted by Crippen LogP contribution is 2.24. The van der Waals surface area contributed by atoms with Crippen LogP contribution in [0.4, 0.5) is 5.82 Å². The number of pyridine rings is 1. The minimum Gasteiger partial charge on any atom is -0.364 e. The van der Waals surface area contributed by atoms with Gasteiger partial charge in [0.2, 0.25) is 0 Å². The third-order valence-corrected chi connectivity index (χ3v) is 4.52. The Hall–Kier alpha value is -2.90. The zero-order chi connectivity index (χ0) is 19.2. The minimum atomic E-state index is -0.637. The predicted octanol–water partition coefficient (Wildman–Crippen LogP) is 2.58. The van der Waals surface area contributed by atoms with E-state index in [1.165, 1.54) is 17.6 Å². The molecule has 1 aromatic carbocycles. The van der Waals surface area contributed by atoms with E-state index in [1.807, 2.05) is 35.2 Å². The summed E-state index contributed by atoms with van der Waals surface area (Å²) in [5.74, 6) is -0.0940. The highest BCUT2D eigenvalue weighted by Gasteiger charge is 2.27. The van der Waals surface area contributed by atoms with Crippen LogP contribution in [0.25, 0.3) is 6.08 Å². The number of rotatable bonds is 5. The number of nitrogens with zero attached hydrogens (tertiary/aromatic N) is 2. The summed E-state index contributed by atoms with van der Waals surface area (Å²) >= 11 is 6.26. The molecule has 0 radical (unpaired) electrons. The topological polar surface area (TPSA) is 94.6 Å². The van der Waals surface area contributed by atoms with Crippen molar-refractivity contribution in [1.82, 2.24) is 15.4 Å². The van der Waals surface area contributed by atoms with E-state index in [0.29, 0.717) is 35.1 Å². The van der Waals surface area contributed by atoms with Crippen molar-refractivity contribution in [3.8, 4) is 0 Å². The van der Waals surface area contributed by atoms with Gasteiger partial charge in [0.1, 0.15) is 5.82 Å². The van der Waals surface area contributed by atoms with Gasteiger partial charge < -0.3 is 10.2 Å². The Morgan fingerprint density at radius 1 is 1.30 bits per heavy atom. The van der Waals surface area contributed by atoms with E-state index in [4.69, 9.17) is 16.8 Å². The molecule has 1 atom stereocenters. The first kappa shape index (κ1) is 18.9. The number of nitrogens with one attached hydrogen (secondary N) is 2. The number of hydrogen-bond acceptors (Lipinski definition) is 5. The summed E-state index contributed by atoms with van der Waals surface area (Å²) in [6.45, 7) is 1.24. The third kappa shape index (κ3) is 4.84. The molecular formula is C19H19ClN4O3. The lowest BCUT2D eigenvalue weighted by molar-refractivity contribution is -0.124. The first-order valence-corrected chi connectivity index (χ1v) is 8.83. The molecule has 8 heteroatoms. The number of halogens is 1. The average Bonchev–Trinajstić information content (AvgIpc) is 3.16. The SMILES string of the molecule is O=C(C=Cc1cnc(N[C@@H]2CCN(C(=O)c3ccccc3)C2)c(Cl)c1)NO. The van der Waals surface area contributed by atoms with Crippen LogP contribution in [0.1, 0.15) is 22.3 Å². The van der Waals surface area contributed by atoms with Crippen LogP contribution in [-0.2, 0) is 4.79 Å². The normalized spacial score (nSPS) is 16.5. The second-order valence-corrected chi connectivity index (χ2v) is 6.56. The van der Waals surface area contributed by atoms with E-state index in [0.717, 1.165) is 6.42 Å². The first-order valence-electron chi connectivity index (χ1n) is 8.45. The highest BCUT2D eigenvalue weighted by molar-refractivity contribution is 6.33. The molecular weight excluding hydrogens is 368 g/mol. The second-order valence-electron chi connectivity index (χ2n) is 6.16. The number of carbonyl (C=O) groups excluding carboxylic acids is 2. The van der Waals surface area contributed by atoms with Crippen molar-refractivity contribution < 1.29 is 14.8 Å². The van der Waals surface area contributed by atoms with Crippen LogP contribution in [0.15, 0.2) is 48.7 Å². The molecule has 0 spiro atoms. The van der Waals surface area contributed by atoms with Gasteiger partial charge in [-0.25, -0.2) is 10.5 Å². The maximum Gasteiger partial charge on any atom is 0.267 e. The Bertz CT molecular complexity index is 857. The molecule has 1 aromatic heterocycles. The van der Waals surface area contributed by atoms with Gasteiger partial charge in [0.15, 0.2) is 0 Å². The molecule has 1 aliphatic heterocycles. The largest absolute Gasteiger partial charge is 0.364 e. The maximum atomic E-state index is 12.5. The molecule has 2 heterocycles. The van der Waals surface area contributed by atoms with Gasteiger partial charge in [0.05, 0.1) is 5.02 Å². The molecule has 2 amide bonds. The van der Waals surface area contributed by atoms with Crippen molar-refractivity contribution in [3.05, 3.63) is 64.8 Å². The molecule has 0 bridgehead atoms. The predicted molar refractivity (Wildman–Crippen MR) is 103 cm³/mol. The summed E-state index contributed by atoms with van der Waals surface area (Å²) < 4.78 is 0. The number of amides is 2. The number of hydrogen-bond donors (Lipinski definition) is 3. The molecule has 3 rings (SSSR count). The van der Waals surface area contributed by atoms with E-state index in [-0.39, 0.29) is 11.9 Å². The molecule has 1 aliphatic rings. The van der Waals surface area contributed by atoms with Crippen molar-refractivity contribution in [3.63, 3.8) is 0 Å². The van der Waals surface area contributed by atoms with E-state index in [2.05, 4.69) is 10.3 Å². The number of carbonyl (C=O) groups is 2. The van der Waals surface area contributed by atoms with Crippen LogP contribution < -0.4 is 10.8 Å². The molecule has 27 heavy (non-hydrogen) atoms. The summed E-state index contributed by atoms with van der Waals surface area (Å²) in [6, 6.07) is 10.9. The highest BCUT2D eigenvalue weighted by atomic mass is 35.5. The van der Waals surface area contributed by atoms with E-state index in [9.17, 15) is 9.59 Å². The first-order chi connectivity index (χ1) is 13.1. The fourth-order valence-electron chi connectivity index (χ4n) is 2.88. The third-order valence-electron chi connectivity index (χ3n) is 4.24. The second kappa shape index (κ2) is 8.66. The standard InChI is InChI=1S/C19H19ClN4O3/c20-16-10-13(6-7-17(25)23-27)11-21-18(16)22-15-8-9-24(12-15)19(26)14-4-2-1-3-5-14/h1-7,10-11,15,27H,8-9,12H2,(H,21,22)(H,23,25)/t15-/m1/s1. The van der Waals surface area contributed by atoms with Crippen LogP contribution in [0.3, 0.4) is 0 Å². The summed E-state index contributed by atoms with van der Waals surface area (Å²) in [5, 5.41) is 12.2. The van der Waals surface area contributed by atoms with Crippen LogP contribution in [0, 0.1) is 0 Å². The zero-order valence-electron chi connectivity index (χ0n) is 14.4. The van der Waals surface area contributed by atoms with Crippen LogP contribution in [0.5, 0.6) is 0 Å². The summed E-state index contributed by atoms with van der Waals surface area (Å²) in [4.78, 5) is 29.6. The molecule has 1 fully saturated rings. The fourth-order valence-corrected chi connectivity index (χ4v) is 3.11. The lowest BCUT2D eigenvalue weighted by Crippen LogP contribution is -2.31. The number of anilines is 1. The van der Waals surface area contributed by atoms with Crippen molar-refractivity contribution in [2.75, 3.05) is 18.4 Å². The number of benzene rings is 1. The van der Waals surface area contributed by atoms with E-state index >= 15 is 0 Å². The lowest BCUT2D eigenvalue weighted by atomic mass is 10.2. The van der Waals surface area contributed by atoms with E-state index < -0.39 is 5.91 Å². The van der Waals surface area contributed by atoms with Gasteiger partial charge in [-0.2, -0.15) is 0 Å². The van der Waals surface area contributed by atoms with Crippen molar-refractivity contribution in [2.24, 2.45) is 0 Å². The Morgan fingerprint density at radius 2 is 2.07 bits per heavy atom. The lowest BCUT2D eigenvalue weighted by Gasteiger charge is -2.18. The molecule has 7 nitrogen and oxygen atoms in total. The van der Waals surface area contributed by atoms with Gasteiger partial charge in [-0.15, -0.1) is 0 Å². The molecule has 1 saturated heterocycles. The van der Waals surface area contributed by atoms with Crippen molar-refractivity contribution in [1.29, 1.82) is 0 Å². The van der Waals surface area contributed by atoms with Gasteiger partial charge in [0, 0.05) is 37.0 Å². The summed E-state index contributed by atoms with van der Waals surface area (Å²) in [5.41, 5.74) is 2.82. The van der Waals surface area contributed by atoms with Crippen molar-refractivity contribution in [2.45, 2.75) is 12.5 Å². The Morgan fingerprint density at radius 3 is 2.78 bits per heavy atom. The molecule has 0 aliphatic carbocycles. The van der Waals surface area contributed by atoms with Crippen molar-refractivity contribution >= 4 is 35.3 Å². The van der Waals surface area contributed by atoms with Crippen LogP contribution in [-0.4, -0.2) is 46.0 Å². The fraction of sp³-hybridized carbons (Fsp3) is 0.211. The number of likely N-dealkylation sites (tertiary alicyclic amines) is 1. The summed E-state index contributed by atoms with van der Waals surface area (Å²) in [6.07, 6.45) is 5.03. The molecule has 0 saturated carbocycles. The smallest absolute Gasteiger partial charge is 0.267 e. The van der Waals surface area contributed by atoms with Gasteiger partial charge in [0.25, 0.3) is 11.8 Å². The van der Waals surface area contributed by atoms with Crippen LogP contribution >= 0.6 is 11.6 Å². The van der Waals surface area contributed by atoms with Crippen LogP contribution in [0.2, 0.25) is 5.02 Å². The molecule has 2 aromatic rings. The van der Waals surface area contributed by atoms with Gasteiger partial charge in [-0.05, 0) is 36.3 Å². The van der Waals surface area contributed by atoms with E-state index in [1.54, 1.807) is 12.3 Å². The zero-order valence-corrected chi connectivity index (χ0v) is 15.2. The van der Waals surface area contributed by atoms with Gasteiger partial charge >= 0.3 is 0 Å². The molecule has 0 unspecified atom stereocenters. The Balaban J connectivity index is 1.60. The Labute approximate surface area is 161 Å². The average molecular weight is 387 g/mol. The summed E-state index contributed by atoms with van der Waals surface area (Å²) in [7, 11) is 0. The molecule has 140 valence electrons. The number of aromatic nitrogens is 1. The van der Waals surface area contributed by atoms with Gasteiger partial charge in [-0.1, -0.05) is 29.8 Å². The maximum absolute atomic E-state index is 12.5. The Kier molecular flexibility index (Phi) is 6.05. The van der Waals surface area contributed by atoms with Gasteiger partial charge in [-0.3, -0.25) is 14.8 Å². The monoisotopic (exact) mass is 386 g/mol. The quantitative estimate of drug-likeness (QED) is 0.417.